The smallest absolute Gasteiger partial charge is 0.314 e. The number of ether oxygens (including phenoxy) is 1. The second kappa shape index (κ2) is 13.1. The predicted molar refractivity (Wildman–Crippen MR) is 129 cm³/mol. The van der Waals surface area contributed by atoms with Crippen LogP contribution in [0.5, 0.6) is 5.75 Å². The first kappa shape index (κ1) is 24.1. The first-order valence-corrected chi connectivity index (χ1v) is 12.5. The second-order valence-corrected chi connectivity index (χ2v) is 9.29. The van der Waals surface area contributed by atoms with E-state index in [-0.39, 0.29) is 11.9 Å². The van der Waals surface area contributed by atoms with Crippen molar-refractivity contribution in [3.05, 3.63) is 65.2 Å². The Hall–Kier alpha value is -2.60. The van der Waals surface area contributed by atoms with Crippen LogP contribution in [0.4, 0.5) is 0 Å². The second-order valence-electron chi connectivity index (χ2n) is 9.29. The predicted octanol–water partition coefficient (Wildman–Crippen LogP) is 7.42. The maximum absolute atomic E-state index is 12.6. The van der Waals surface area contributed by atoms with Crippen molar-refractivity contribution >= 4 is 5.97 Å². The SMILES string of the molecule is CCCCCCCC1CCC(C(=O)Oc2ccc(CCc3ccc(C#N)cc3)cc2)CC1. The van der Waals surface area contributed by atoms with Crippen LogP contribution in [-0.4, -0.2) is 5.97 Å². The van der Waals surface area contributed by atoms with Gasteiger partial charge >= 0.3 is 5.97 Å². The average Bonchev–Trinajstić information content (AvgIpc) is 2.84. The number of benzene rings is 2. The molecule has 170 valence electrons. The van der Waals surface area contributed by atoms with Crippen molar-refractivity contribution in [1.82, 2.24) is 0 Å². The lowest BCUT2D eigenvalue weighted by atomic mass is 9.80. The third-order valence-corrected chi connectivity index (χ3v) is 6.82. The topological polar surface area (TPSA) is 50.1 Å². The summed E-state index contributed by atoms with van der Waals surface area (Å²) in [5.41, 5.74) is 3.13. The summed E-state index contributed by atoms with van der Waals surface area (Å²) in [5, 5.41) is 8.89. The fourth-order valence-electron chi connectivity index (χ4n) is 4.68. The molecule has 32 heavy (non-hydrogen) atoms. The van der Waals surface area contributed by atoms with Crippen LogP contribution in [-0.2, 0) is 17.6 Å². The van der Waals surface area contributed by atoms with E-state index in [0.717, 1.165) is 31.6 Å². The van der Waals surface area contributed by atoms with E-state index < -0.39 is 0 Å². The Kier molecular flexibility index (Phi) is 9.82. The van der Waals surface area contributed by atoms with Gasteiger partial charge in [0.05, 0.1) is 17.6 Å². The van der Waals surface area contributed by atoms with Gasteiger partial charge in [-0.1, -0.05) is 69.7 Å². The molecule has 0 saturated heterocycles. The Balaban J connectivity index is 1.37. The van der Waals surface area contributed by atoms with Crippen molar-refractivity contribution in [2.45, 2.75) is 84.0 Å². The highest BCUT2D eigenvalue weighted by Gasteiger charge is 2.27. The van der Waals surface area contributed by atoms with E-state index in [4.69, 9.17) is 10.00 Å². The Bertz CT molecular complexity index is 856. The number of hydrogen-bond acceptors (Lipinski definition) is 3. The van der Waals surface area contributed by atoms with Crippen molar-refractivity contribution in [2.24, 2.45) is 11.8 Å². The molecule has 0 atom stereocenters. The molecular formula is C29H37NO2. The summed E-state index contributed by atoms with van der Waals surface area (Å²) in [5.74, 6) is 1.45. The zero-order valence-electron chi connectivity index (χ0n) is 19.5. The molecule has 1 aliphatic rings. The number of nitrogens with zero attached hydrogens (tertiary/aromatic N) is 1. The molecule has 1 aliphatic carbocycles. The van der Waals surface area contributed by atoms with Gasteiger partial charge in [0.1, 0.15) is 5.75 Å². The highest BCUT2D eigenvalue weighted by molar-refractivity contribution is 5.75. The number of unbranched alkanes of at least 4 members (excludes halogenated alkanes) is 4. The summed E-state index contributed by atoms with van der Waals surface area (Å²) in [6.45, 7) is 2.26. The standard InChI is InChI=1S/C29H37NO2/c1-2-3-4-5-6-7-23-14-18-27(19-15-23)29(31)32-28-20-16-25(17-21-28)9-8-24-10-12-26(22-30)13-11-24/h10-13,16-17,20-21,23,27H,2-9,14-15,18-19H2,1H3. The maximum Gasteiger partial charge on any atom is 0.314 e. The molecule has 0 radical (unpaired) electrons. The van der Waals surface area contributed by atoms with Gasteiger partial charge in [0.15, 0.2) is 0 Å². The van der Waals surface area contributed by atoms with Gasteiger partial charge < -0.3 is 4.74 Å². The van der Waals surface area contributed by atoms with E-state index >= 15 is 0 Å². The summed E-state index contributed by atoms with van der Waals surface area (Å²) in [6, 6.07) is 17.8. The van der Waals surface area contributed by atoms with Crippen LogP contribution in [0.3, 0.4) is 0 Å². The van der Waals surface area contributed by atoms with Crippen LogP contribution >= 0.6 is 0 Å². The van der Waals surface area contributed by atoms with Gasteiger partial charge in [-0.2, -0.15) is 5.26 Å². The lowest BCUT2D eigenvalue weighted by Gasteiger charge is -2.27. The number of esters is 1. The lowest BCUT2D eigenvalue weighted by molar-refractivity contribution is -0.140. The molecule has 3 heteroatoms. The van der Waals surface area contributed by atoms with Gasteiger partial charge in [-0.3, -0.25) is 4.79 Å². The third-order valence-electron chi connectivity index (χ3n) is 6.82. The summed E-state index contributed by atoms with van der Waals surface area (Å²) in [7, 11) is 0. The van der Waals surface area contributed by atoms with E-state index in [1.165, 1.54) is 62.5 Å². The molecule has 0 spiro atoms. The Morgan fingerprint density at radius 2 is 1.47 bits per heavy atom. The first-order chi connectivity index (χ1) is 15.7. The molecule has 3 rings (SSSR count). The van der Waals surface area contributed by atoms with Gasteiger partial charge in [-0.15, -0.1) is 0 Å². The van der Waals surface area contributed by atoms with Crippen LogP contribution in [0.2, 0.25) is 0 Å². The van der Waals surface area contributed by atoms with Crippen molar-refractivity contribution < 1.29 is 9.53 Å². The molecule has 0 heterocycles. The minimum absolute atomic E-state index is 0.0578. The van der Waals surface area contributed by atoms with Gasteiger partial charge in [-0.05, 0) is 79.8 Å². The van der Waals surface area contributed by atoms with E-state index in [1.54, 1.807) is 0 Å². The van der Waals surface area contributed by atoms with Gasteiger partial charge in [0.25, 0.3) is 0 Å². The molecule has 3 nitrogen and oxygen atoms in total. The Labute approximate surface area is 193 Å². The molecule has 0 N–H and O–H groups in total. The number of carbonyl (C=O) groups is 1. The van der Waals surface area contributed by atoms with Crippen LogP contribution < -0.4 is 4.74 Å². The van der Waals surface area contributed by atoms with Crippen molar-refractivity contribution in [3.8, 4) is 11.8 Å². The summed E-state index contributed by atoms with van der Waals surface area (Å²) < 4.78 is 5.69. The Morgan fingerprint density at radius 3 is 2.06 bits per heavy atom. The largest absolute Gasteiger partial charge is 0.426 e. The zero-order chi connectivity index (χ0) is 22.6. The van der Waals surface area contributed by atoms with Crippen molar-refractivity contribution in [1.29, 1.82) is 5.26 Å². The number of aryl methyl sites for hydroxylation is 2. The highest BCUT2D eigenvalue weighted by atomic mass is 16.5. The minimum Gasteiger partial charge on any atom is -0.426 e. The maximum atomic E-state index is 12.6. The number of hydrogen-bond donors (Lipinski definition) is 0. The quantitative estimate of drug-likeness (QED) is 0.211. The van der Waals surface area contributed by atoms with Crippen LogP contribution in [0.25, 0.3) is 0 Å². The fourth-order valence-corrected chi connectivity index (χ4v) is 4.68. The monoisotopic (exact) mass is 431 g/mol. The molecule has 0 unspecified atom stereocenters. The van der Waals surface area contributed by atoms with Crippen LogP contribution in [0, 0.1) is 23.2 Å². The van der Waals surface area contributed by atoms with Gasteiger partial charge in [-0.25, -0.2) is 0 Å². The molecule has 2 aromatic carbocycles. The average molecular weight is 432 g/mol. The highest BCUT2D eigenvalue weighted by Crippen LogP contribution is 2.33. The Morgan fingerprint density at radius 1 is 0.875 bits per heavy atom. The number of nitriles is 1. The van der Waals surface area contributed by atoms with E-state index in [9.17, 15) is 4.79 Å². The first-order valence-electron chi connectivity index (χ1n) is 12.5. The van der Waals surface area contributed by atoms with Crippen LogP contribution in [0.1, 0.15) is 87.8 Å². The molecule has 0 bridgehead atoms. The molecular weight excluding hydrogens is 394 g/mol. The summed E-state index contributed by atoms with van der Waals surface area (Å²) in [6.07, 6.45) is 14.2. The molecule has 1 saturated carbocycles. The lowest BCUT2D eigenvalue weighted by Crippen LogP contribution is -2.25. The van der Waals surface area contributed by atoms with E-state index in [2.05, 4.69) is 13.0 Å². The van der Waals surface area contributed by atoms with Crippen molar-refractivity contribution in [2.75, 3.05) is 0 Å². The number of carbonyl (C=O) groups excluding carboxylic acids is 1. The molecule has 1 fully saturated rings. The van der Waals surface area contributed by atoms with Gasteiger partial charge in [0.2, 0.25) is 0 Å². The molecule has 0 aliphatic heterocycles. The van der Waals surface area contributed by atoms with Gasteiger partial charge in [0, 0.05) is 0 Å². The van der Waals surface area contributed by atoms with E-state index in [1.807, 2.05) is 48.5 Å². The molecule has 0 amide bonds. The third kappa shape index (κ3) is 7.83. The molecule has 0 aromatic heterocycles. The fraction of sp³-hybridized carbons (Fsp3) is 0.517. The number of rotatable bonds is 11. The van der Waals surface area contributed by atoms with Crippen molar-refractivity contribution in [3.63, 3.8) is 0 Å². The van der Waals surface area contributed by atoms with Crippen LogP contribution in [0.15, 0.2) is 48.5 Å². The summed E-state index contributed by atoms with van der Waals surface area (Å²) in [4.78, 5) is 12.6. The molecule has 2 aromatic rings. The minimum atomic E-state index is -0.0586. The summed E-state index contributed by atoms with van der Waals surface area (Å²) >= 11 is 0. The van der Waals surface area contributed by atoms with E-state index in [0.29, 0.717) is 11.3 Å². The zero-order valence-corrected chi connectivity index (χ0v) is 19.5. The normalized spacial score (nSPS) is 18.1.